The Morgan fingerprint density at radius 2 is 1.92 bits per heavy atom. The summed E-state index contributed by atoms with van der Waals surface area (Å²) in [6.45, 7) is 0. The molecule has 0 bridgehead atoms. The summed E-state index contributed by atoms with van der Waals surface area (Å²) in [5.41, 5.74) is 0.849. The van der Waals surface area contributed by atoms with Crippen LogP contribution in [0.2, 0.25) is 5.02 Å². The number of thiazole rings is 1. The van der Waals surface area contributed by atoms with Gasteiger partial charge in [-0.15, -0.1) is 0 Å². The minimum Gasteiger partial charge on any atom is -0.298 e. The molecule has 0 unspecified atom stereocenters. The van der Waals surface area contributed by atoms with Crippen molar-refractivity contribution >= 4 is 54.2 Å². The quantitative estimate of drug-likeness (QED) is 0.733. The Morgan fingerprint density at radius 3 is 2.60 bits per heavy atom. The number of para-hydroxylation sites is 1. The van der Waals surface area contributed by atoms with Gasteiger partial charge in [-0.25, -0.2) is 17.7 Å². The fraction of sp³-hybridized carbons (Fsp3) is 0.125. The molecular formula is C16H14ClN3O3S2. The molecule has 2 aromatic carbocycles. The fourth-order valence-electron chi connectivity index (χ4n) is 2.14. The van der Waals surface area contributed by atoms with Crippen LogP contribution in [0.5, 0.6) is 0 Å². The van der Waals surface area contributed by atoms with E-state index >= 15 is 0 Å². The monoisotopic (exact) mass is 395 g/mol. The summed E-state index contributed by atoms with van der Waals surface area (Å²) in [5, 5.41) is 3.25. The summed E-state index contributed by atoms with van der Waals surface area (Å²) in [4.78, 5) is 16.8. The first-order valence-corrected chi connectivity index (χ1v) is 9.81. The molecule has 1 aromatic heterocycles. The van der Waals surface area contributed by atoms with Crippen LogP contribution in [0, 0.1) is 0 Å². The molecular weight excluding hydrogens is 382 g/mol. The van der Waals surface area contributed by atoms with Gasteiger partial charge in [0.1, 0.15) is 0 Å². The molecule has 0 aliphatic carbocycles. The maximum absolute atomic E-state index is 12.5. The number of hydrogen-bond acceptors (Lipinski definition) is 5. The van der Waals surface area contributed by atoms with Crippen LogP contribution in [0.1, 0.15) is 10.4 Å². The Balaban J connectivity index is 1.94. The Hall–Kier alpha value is -2.00. The van der Waals surface area contributed by atoms with E-state index in [4.69, 9.17) is 11.6 Å². The first kappa shape index (κ1) is 17.8. The van der Waals surface area contributed by atoms with Crippen molar-refractivity contribution in [2.75, 3.05) is 19.4 Å². The number of hydrogen-bond donors (Lipinski definition) is 1. The molecule has 0 saturated heterocycles. The minimum absolute atomic E-state index is 0.00338. The highest BCUT2D eigenvalue weighted by atomic mass is 35.5. The average molecular weight is 396 g/mol. The molecule has 130 valence electrons. The maximum Gasteiger partial charge on any atom is 0.259 e. The molecule has 1 N–H and O–H groups in total. The van der Waals surface area contributed by atoms with Crippen LogP contribution in [0.15, 0.2) is 47.4 Å². The Morgan fingerprint density at radius 1 is 1.20 bits per heavy atom. The number of fused-ring (bicyclic) bond motifs is 1. The highest BCUT2D eigenvalue weighted by molar-refractivity contribution is 7.89. The number of aromatic nitrogens is 1. The maximum atomic E-state index is 12.5. The molecule has 0 atom stereocenters. The lowest BCUT2D eigenvalue weighted by molar-refractivity contribution is 0.102. The van der Waals surface area contributed by atoms with Gasteiger partial charge in [0.05, 0.1) is 25.7 Å². The normalized spacial score (nSPS) is 11.8. The van der Waals surface area contributed by atoms with E-state index in [0.717, 1.165) is 14.5 Å². The van der Waals surface area contributed by atoms with Gasteiger partial charge < -0.3 is 0 Å². The zero-order chi connectivity index (χ0) is 18.2. The van der Waals surface area contributed by atoms with Crippen molar-refractivity contribution in [2.45, 2.75) is 4.90 Å². The number of sulfonamides is 1. The van der Waals surface area contributed by atoms with Gasteiger partial charge >= 0.3 is 0 Å². The van der Waals surface area contributed by atoms with E-state index in [2.05, 4.69) is 10.3 Å². The van der Waals surface area contributed by atoms with Crippen LogP contribution in [0.25, 0.3) is 10.2 Å². The third-order valence-corrected chi connectivity index (χ3v) is 6.57. The smallest absolute Gasteiger partial charge is 0.259 e. The second-order valence-corrected chi connectivity index (χ2v) is 8.96. The standard InChI is InChI=1S/C16H14ClN3O3S2/c1-20(2)25(22,23)10-7-8-12(17)11(9-10)15(21)19-16-18-13-5-3-4-6-14(13)24-16/h3-9H,1-2H3,(H,18,19,21). The summed E-state index contributed by atoms with van der Waals surface area (Å²) in [6, 6.07) is 11.5. The largest absolute Gasteiger partial charge is 0.298 e. The third kappa shape index (κ3) is 3.52. The van der Waals surface area contributed by atoms with E-state index in [9.17, 15) is 13.2 Å². The highest BCUT2D eigenvalue weighted by Gasteiger charge is 2.21. The lowest BCUT2D eigenvalue weighted by atomic mass is 10.2. The first-order valence-electron chi connectivity index (χ1n) is 7.18. The van der Waals surface area contributed by atoms with E-state index in [1.807, 2.05) is 24.3 Å². The number of nitrogens with zero attached hydrogens (tertiary/aromatic N) is 2. The molecule has 3 aromatic rings. The Bertz CT molecular complexity index is 1030. The van der Waals surface area contributed by atoms with Crippen molar-refractivity contribution in [3.05, 3.63) is 53.1 Å². The molecule has 25 heavy (non-hydrogen) atoms. The summed E-state index contributed by atoms with van der Waals surface area (Å²) in [7, 11) is -0.818. The van der Waals surface area contributed by atoms with Crippen molar-refractivity contribution in [3.8, 4) is 0 Å². The summed E-state index contributed by atoms with van der Waals surface area (Å²) >= 11 is 7.41. The number of rotatable bonds is 4. The molecule has 0 aliphatic heterocycles. The van der Waals surface area contributed by atoms with Crippen molar-refractivity contribution in [2.24, 2.45) is 0 Å². The zero-order valence-electron chi connectivity index (χ0n) is 13.4. The second kappa shape index (κ2) is 6.72. The van der Waals surface area contributed by atoms with E-state index in [1.54, 1.807) is 0 Å². The number of nitrogens with one attached hydrogen (secondary N) is 1. The lowest BCUT2D eigenvalue weighted by Gasteiger charge is -2.13. The molecule has 0 aliphatic rings. The predicted molar refractivity (Wildman–Crippen MR) is 99.9 cm³/mol. The predicted octanol–water partition coefficient (Wildman–Crippen LogP) is 3.45. The zero-order valence-corrected chi connectivity index (χ0v) is 15.7. The molecule has 9 heteroatoms. The molecule has 0 spiro atoms. The van der Waals surface area contributed by atoms with E-state index in [1.165, 1.54) is 43.6 Å². The molecule has 1 amide bonds. The van der Waals surface area contributed by atoms with Crippen LogP contribution in [-0.2, 0) is 10.0 Å². The Labute approximate surface area is 154 Å². The highest BCUT2D eigenvalue weighted by Crippen LogP contribution is 2.27. The van der Waals surface area contributed by atoms with Gasteiger partial charge in [0.25, 0.3) is 5.91 Å². The van der Waals surface area contributed by atoms with Gasteiger partial charge in [0, 0.05) is 14.1 Å². The van der Waals surface area contributed by atoms with E-state index < -0.39 is 15.9 Å². The van der Waals surface area contributed by atoms with Crippen LogP contribution in [-0.4, -0.2) is 37.7 Å². The number of halogens is 1. The summed E-state index contributed by atoms with van der Waals surface area (Å²) in [5.74, 6) is -0.514. The van der Waals surface area contributed by atoms with Gasteiger partial charge in [0.15, 0.2) is 5.13 Å². The van der Waals surface area contributed by atoms with E-state index in [-0.39, 0.29) is 15.5 Å². The third-order valence-electron chi connectivity index (χ3n) is 3.48. The summed E-state index contributed by atoms with van der Waals surface area (Å²) in [6.07, 6.45) is 0. The molecule has 3 rings (SSSR count). The van der Waals surface area contributed by atoms with Crippen molar-refractivity contribution in [3.63, 3.8) is 0 Å². The number of benzene rings is 2. The summed E-state index contributed by atoms with van der Waals surface area (Å²) < 4.78 is 26.5. The lowest BCUT2D eigenvalue weighted by Crippen LogP contribution is -2.23. The molecule has 0 radical (unpaired) electrons. The number of amides is 1. The second-order valence-electron chi connectivity index (χ2n) is 5.37. The minimum atomic E-state index is -3.66. The van der Waals surface area contributed by atoms with Crippen LogP contribution >= 0.6 is 22.9 Å². The molecule has 0 saturated carbocycles. The van der Waals surface area contributed by atoms with Gasteiger partial charge in [0.2, 0.25) is 10.0 Å². The molecule has 0 fully saturated rings. The van der Waals surface area contributed by atoms with Crippen molar-refractivity contribution in [1.82, 2.24) is 9.29 Å². The Kier molecular flexibility index (Phi) is 4.79. The van der Waals surface area contributed by atoms with Crippen LogP contribution < -0.4 is 5.32 Å². The van der Waals surface area contributed by atoms with Gasteiger partial charge in [-0.05, 0) is 30.3 Å². The van der Waals surface area contributed by atoms with E-state index in [0.29, 0.717) is 5.13 Å². The van der Waals surface area contributed by atoms with Gasteiger partial charge in [-0.1, -0.05) is 35.1 Å². The number of carbonyl (C=O) groups is 1. The number of carbonyl (C=O) groups excluding carboxylic acids is 1. The van der Waals surface area contributed by atoms with Gasteiger partial charge in [-0.3, -0.25) is 10.1 Å². The SMILES string of the molecule is CN(C)S(=O)(=O)c1ccc(Cl)c(C(=O)Nc2nc3ccccc3s2)c1. The fourth-order valence-corrected chi connectivity index (χ4v) is 4.13. The van der Waals surface area contributed by atoms with Crippen molar-refractivity contribution < 1.29 is 13.2 Å². The van der Waals surface area contributed by atoms with Gasteiger partial charge in [-0.2, -0.15) is 0 Å². The van der Waals surface area contributed by atoms with Crippen molar-refractivity contribution in [1.29, 1.82) is 0 Å². The number of anilines is 1. The molecule has 6 nitrogen and oxygen atoms in total. The van der Waals surface area contributed by atoms with Crippen LogP contribution in [0.4, 0.5) is 5.13 Å². The van der Waals surface area contributed by atoms with Crippen LogP contribution in [0.3, 0.4) is 0 Å². The topological polar surface area (TPSA) is 79.4 Å². The average Bonchev–Trinajstić information content (AvgIpc) is 2.96. The first-order chi connectivity index (χ1) is 11.8. The molecule has 1 heterocycles.